The highest BCUT2D eigenvalue weighted by Crippen LogP contribution is 2.29. The standard InChI is InChI=1S/C22H25N5O3S/c1-26(2)19-12-20(25-18-6-4-3-5-17(18)19)23-15-7-9-16(10-8-15)24-22(28)14-11-21(27(29)30)31-13-14/h3-6,11-13,15-16H,7-10H2,1-2H3,(H,23,25)(H,24,28)/t15-,16+. The van der Waals surface area contributed by atoms with Crippen LogP contribution in [0.4, 0.5) is 16.5 Å². The second-order valence-corrected chi connectivity index (χ2v) is 8.92. The average molecular weight is 440 g/mol. The molecule has 8 nitrogen and oxygen atoms in total. The summed E-state index contributed by atoms with van der Waals surface area (Å²) in [7, 11) is 4.06. The number of anilines is 2. The Morgan fingerprint density at radius 3 is 2.55 bits per heavy atom. The third-order valence-corrected chi connectivity index (χ3v) is 6.50. The van der Waals surface area contributed by atoms with Crippen molar-refractivity contribution in [3.05, 3.63) is 57.5 Å². The molecule has 2 N–H and O–H groups in total. The van der Waals surface area contributed by atoms with Crippen LogP contribution in [0.1, 0.15) is 36.0 Å². The van der Waals surface area contributed by atoms with Crippen molar-refractivity contribution in [2.24, 2.45) is 0 Å². The van der Waals surface area contributed by atoms with E-state index < -0.39 is 4.92 Å². The minimum atomic E-state index is -0.471. The van der Waals surface area contributed by atoms with E-state index in [1.165, 1.54) is 11.4 Å². The number of nitro groups is 1. The van der Waals surface area contributed by atoms with Crippen LogP contribution in [-0.4, -0.2) is 42.0 Å². The van der Waals surface area contributed by atoms with Gasteiger partial charge in [-0.15, -0.1) is 0 Å². The summed E-state index contributed by atoms with van der Waals surface area (Å²) in [6.07, 6.45) is 3.54. The fourth-order valence-electron chi connectivity index (χ4n) is 4.00. The molecule has 1 aliphatic carbocycles. The molecule has 1 amide bonds. The lowest BCUT2D eigenvalue weighted by Crippen LogP contribution is -2.40. The zero-order chi connectivity index (χ0) is 22.0. The molecule has 0 aliphatic heterocycles. The highest BCUT2D eigenvalue weighted by molar-refractivity contribution is 7.13. The smallest absolute Gasteiger partial charge is 0.324 e. The molecular formula is C22H25N5O3S. The number of pyridine rings is 1. The lowest BCUT2D eigenvalue weighted by molar-refractivity contribution is -0.380. The molecule has 9 heteroatoms. The Labute approximate surface area is 184 Å². The maximum Gasteiger partial charge on any atom is 0.324 e. The number of para-hydroxylation sites is 1. The number of rotatable bonds is 6. The van der Waals surface area contributed by atoms with Crippen LogP contribution in [0.5, 0.6) is 0 Å². The number of thiophene rings is 1. The number of aromatic nitrogens is 1. The monoisotopic (exact) mass is 439 g/mol. The van der Waals surface area contributed by atoms with Crippen molar-refractivity contribution in [1.82, 2.24) is 10.3 Å². The largest absolute Gasteiger partial charge is 0.377 e. The molecule has 162 valence electrons. The second-order valence-electron chi connectivity index (χ2n) is 8.04. The van der Waals surface area contributed by atoms with Crippen LogP contribution in [0.25, 0.3) is 10.9 Å². The Bertz CT molecular complexity index is 1110. The molecule has 0 atom stereocenters. The zero-order valence-corrected chi connectivity index (χ0v) is 18.3. The fourth-order valence-corrected chi connectivity index (χ4v) is 4.70. The van der Waals surface area contributed by atoms with E-state index in [-0.39, 0.29) is 17.0 Å². The molecule has 31 heavy (non-hydrogen) atoms. The molecule has 1 saturated carbocycles. The maximum absolute atomic E-state index is 12.4. The summed E-state index contributed by atoms with van der Waals surface area (Å²) in [4.78, 5) is 29.6. The van der Waals surface area contributed by atoms with E-state index in [1.807, 2.05) is 32.3 Å². The van der Waals surface area contributed by atoms with Gasteiger partial charge in [0.2, 0.25) is 0 Å². The van der Waals surface area contributed by atoms with Gasteiger partial charge in [0.25, 0.3) is 5.91 Å². The third kappa shape index (κ3) is 4.77. The minimum absolute atomic E-state index is 0.0157. The van der Waals surface area contributed by atoms with Crippen molar-refractivity contribution in [2.75, 3.05) is 24.3 Å². The van der Waals surface area contributed by atoms with Gasteiger partial charge in [0, 0.05) is 54.8 Å². The van der Waals surface area contributed by atoms with Crippen LogP contribution in [0.3, 0.4) is 0 Å². The molecule has 4 rings (SSSR count). The van der Waals surface area contributed by atoms with E-state index in [4.69, 9.17) is 4.98 Å². The summed E-state index contributed by atoms with van der Waals surface area (Å²) in [5.41, 5.74) is 2.44. The summed E-state index contributed by atoms with van der Waals surface area (Å²) in [6.45, 7) is 0. The quantitative estimate of drug-likeness (QED) is 0.435. The first kappa shape index (κ1) is 21.0. The topological polar surface area (TPSA) is 100 Å². The van der Waals surface area contributed by atoms with Crippen LogP contribution in [0.2, 0.25) is 0 Å². The van der Waals surface area contributed by atoms with E-state index in [0.29, 0.717) is 11.6 Å². The molecule has 1 aromatic carbocycles. The molecule has 2 heterocycles. The first-order chi connectivity index (χ1) is 14.9. The summed E-state index contributed by atoms with van der Waals surface area (Å²) >= 11 is 0.973. The van der Waals surface area contributed by atoms with Gasteiger partial charge in [0.05, 0.1) is 16.0 Å². The highest BCUT2D eigenvalue weighted by atomic mass is 32.1. The molecule has 1 aliphatic rings. The molecule has 1 fully saturated rings. The predicted octanol–water partition coefficient (Wildman–Crippen LogP) is 4.42. The molecule has 0 unspecified atom stereocenters. The number of fused-ring (bicyclic) bond motifs is 1. The van der Waals surface area contributed by atoms with E-state index >= 15 is 0 Å². The van der Waals surface area contributed by atoms with Gasteiger partial charge in [-0.2, -0.15) is 0 Å². The van der Waals surface area contributed by atoms with Crippen LogP contribution in [0.15, 0.2) is 41.8 Å². The first-order valence-electron chi connectivity index (χ1n) is 10.3. The van der Waals surface area contributed by atoms with Crippen molar-refractivity contribution < 1.29 is 9.72 Å². The second kappa shape index (κ2) is 8.89. The summed E-state index contributed by atoms with van der Waals surface area (Å²) in [6, 6.07) is 11.9. The molecule has 0 spiro atoms. The third-order valence-electron chi connectivity index (χ3n) is 5.62. The number of amides is 1. The summed E-state index contributed by atoms with van der Waals surface area (Å²) in [5, 5.41) is 20.0. The Hall–Kier alpha value is -3.20. The van der Waals surface area contributed by atoms with Crippen molar-refractivity contribution in [3.63, 3.8) is 0 Å². The lowest BCUT2D eigenvalue weighted by Gasteiger charge is -2.30. The van der Waals surface area contributed by atoms with Gasteiger partial charge < -0.3 is 15.5 Å². The molecule has 3 aromatic rings. The average Bonchev–Trinajstić information content (AvgIpc) is 3.25. The van der Waals surface area contributed by atoms with Gasteiger partial charge in [0.15, 0.2) is 0 Å². The van der Waals surface area contributed by atoms with Gasteiger partial charge in [-0.25, -0.2) is 4.98 Å². The molecular weight excluding hydrogens is 414 g/mol. The van der Waals surface area contributed by atoms with Crippen LogP contribution < -0.4 is 15.5 Å². The van der Waals surface area contributed by atoms with E-state index in [9.17, 15) is 14.9 Å². The van der Waals surface area contributed by atoms with Crippen LogP contribution >= 0.6 is 11.3 Å². The number of hydrogen-bond acceptors (Lipinski definition) is 7. The van der Waals surface area contributed by atoms with Gasteiger partial charge in [-0.05, 0) is 31.7 Å². The fraction of sp³-hybridized carbons (Fsp3) is 0.364. The van der Waals surface area contributed by atoms with Gasteiger partial charge in [0.1, 0.15) is 5.82 Å². The van der Waals surface area contributed by atoms with Crippen molar-refractivity contribution >= 4 is 44.7 Å². The minimum Gasteiger partial charge on any atom is -0.377 e. The van der Waals surface area contributed by atoms with Gasteiger partial charge >= 0.3 is 5.00 Å². The number of benzene rings is 1. The number of hydrogen-bond donors (Lipinski definition) is 2. The van der Waals surface area contributed by atoms with Crippen molar-refractivity contribution in [1.29, 1.82) is 0 Å². The molecule has 0 radical (unpaired) electrons. The Morgan fingerprint density at radius 2 is 1.87 bits per heavy atom. The maximum atomic E-state index is 12.4. The van der Waals surface area contributed by atoms with E-state index in [0.717, 1.165) is 59.4 Å². The SMILES string of the molecule is CN(C)c1cc(N[C@H]2CC[C@@H](NC(=O)c3csc([N+](=O)[O-])c3)CC2)nc2ccccc12. The Balaban J connectivity index is 1.36. The Kier molecular flexibility index (Phi) is 6.03. The van der Waals surface area contributed by atoms with Gasteiger partial charge in [-0.1, -0.05) is 29.5 Å². The van der Waals surface area contributed by atoms with E-state index in [1.54, 1.807) is 0 Å². The highest BCUT2D eigenvalue weighted by Gasteiger charge is 2.24. The number of nitrogens with one attached hydrogen (secondary N) is 2. The normalized spacial score (nSPS) is 18.5. The van der Waals surface area contributed by atoms with Crippen molar-refractivity contribution in [2.45, 2.75) is 37.8 Å². The molecule has 2 aromatic heterocycles. The zero-order valence-electron chi connectivity index (χ0n) is 17.5. The van der Waals surface area contributed by atoms with Crippen LogP contribution in [0, 0.1) is 10.1 Å². The number of carbonyl (C=O) groups is 1. The first-order valence-corrected chi connectivity index (χ1v) is 11.2. The van der Waals surface area contributed by atoms with Crippen LogP contribution in [-0.2, 0) is 0 Å². The summed E-state index contributed by atoms with van der Waals surface area (Å²) in [5.74, 6) is 0.619. The van der Waals surface area contributed by atoms with Crippen molar-refractivity contribution in [3.8, 4) is 0 Å². The van der Waals surface area contributed by atoms with E-state index in [2.05, 4.69) is 27.7 Å². The lowest BCUT2D eigenvalue weighted by atomic mass is 9.91. The summed E-state index contributed by atoms with van der Waals surface area (Å²) < 4.78 is 0. The molecule has 0 saturated heterocycles. The van der Waals surface area contributed by atoms with Gasteiger partial charge in [-0.3, -0.25) is 14.9 Å². The molecule has 0 bridgehead atoms. The number of nitrogens with zero attached hydrogens (tertiary/aromatic N) is 3. The predicted molar refractivity (Wildman–Crippen MR) is 124 cm³/mol. The Morgan fingerprint density at radius 1 is 1.16 bits per heavy atom. The number of carbonyl (C=O) groups excluding carboxylic acids is 1.